The first-order chi connectivity index (χ1) is 9.11. The summed E-state index contributed by atoms with van der Waals surface area (Å²) < 4.78 is 7.34. The zero-order chi connectivity index (χ0) is 13.8. The molecule has 0 aliphatic heterocycles. The topological polar surface area (TPSA) is 66.0 Å². The zero-order valence-electron chi connectivity index (χ0n) is 11.6. The van der Waals surface area contributed by atoms with Gasteiger partial charge in [0.15, 0.2) is 5.82 Å². The van der Waals surface area contributed by atoms with Crippen LogP contribution in [0, 0.1) is 0 Å². The summed E-state index contributed by atoms with van der Waals surface area (Å²) in [5, 5.41) is 4.45. The van der Waals surface area contributed by atoms with E-state index in [-0.39, 0.29) is 0 Å². The molecule has 102 valence electrons. The van der Waals surface area contributed by atoms with E-state index in [0.29, 0.717) is 19.1 Å². The van der Waals surface area contributed by atoms with Gasteiger partial charge in [-0.1, -0.05) is 26.0 Å². The Morgan fingerprint density at radius 2 is 2.16 bits per heavy atom. The Balaban J connectivity index is 2.28. The minimum absolute atomic E-state index is 0.350. The molecule has 0 bridgehead atoms. The minimum atomic E-state index is 0.350. The molecule has 0 atom stereocenters. The third-order valence-electron chi connectivity index (χ3n) is 2.79. The van der Waals surface area contributed by atoms with Crippen molar-refractivity contribution in [3.05, 3.63) is 30.1 Å². The number of aryl methyl sites for hydroxylation is 1. The van der Waals surface area contributed by atoms with Crippen molar-refractivity contribution in [1.29, 1.82) is 0 Å². The maximum Gasteiger partial charge on any atom is 0.181 e. The van der Waals surface area contributed by atoms with Gasteiger partial charge < -0.3 is 10.5 Å². The van der Waals surface area contributed by atoms with Crippen LogP contribution in [0.15, 0.2) is 24.3 Å². The lowest BCUT2D eigenvalue weighted by Crippen LogP contribution is -2.10. The Kier molecular flexibility index (Phi) is 4.16. The average Bonchev–Trinajstić information content (AvgIpc) is 2.79. The third kappa shape index (κ3) is 3.12. The first-order valence-corrected chi connectivity index (χ1v) is 6.46. The Bertz CT molecular complexity index is 548. The lowest BCUT2D eigenvalue weighted by atomic mass is 10.2. The third-order valence-corrected chi connectivity index (χ3v) is 2.79. The van der Waals surface area contributed by atoms with Gasteiger partial charge in [0.05, 0.1) is 0 Å². The Labute approximate surface area is 113 Å². The number of hydrogen-bond acceptors (Lipinski definition) is 4. The number of rotatable bonds is 5. The summed E-state index contributed by atoms with van der Waals surface area (Å²) in [5.41, 5.74) is 6.38. The molecule has 0 unspecified atom stereocenters. The molecule has 2 aromatic rings. The van der Waals surface area contributed by atoms with Crippen LogP contribution in [0.2, 0.25) is 0 Å². The normalized spacial score (nSPS) is 11.0. The summed E-state index contributed by atoms with van der Waals surface area (Å²) in [6.07, 6.45) is 0. The molecule has 0 saturated carbocycles. The molecule has 0 fully saturated rings. The van der Waals surface area contributed by atoms with Crippen LogP contribution in [-0.4, -0.2) is 27.9 Å². The molecule has 0 spiro atoms. The summed E-state index contributed by atoms with van der Waals surface area (Å²) in [4.78, 5) is 4.57. The lowest BCUT2D eigenvalue weighted by Gasteiger charge is -2.04. The van der Waals surface area contributed by atoms with Crippen LogP contribution in [0.4, 0.5) is 0 Å². The summed E-state index contributed by atoms with van der Waals surface area (Å²) in [5.74, 6) is 2.84. The molecule has 2 rings (SSSR count). The largest absolute Gasteiger partial charge is 0.492 e. The van der Waals surface area contributed by atoms with Crippen molar-refractivity contribution in [2.75, 3.05) is 13.2 Å². The van der Waals surface area contributed by atoms with Crippen LogP contribution >= 0.6 is 0 Å². The lowest BCUT2D eigenvalue weighted by molar-refractivity contribution is 0.328. The molecular weight excluding hydrogens is 240 g/mol. The standard InChI is InChI=1S/C14H20N4O/c1-10(2)14-16-13(17-18(14)3)11-5-4-6-12(9-11)19-8-7-15/h4-6,9-10H,7-8,15H2,1-3H3. The van der Waals surface area contributed by atoms with E-state index in [9.17, 15) is 0 Å². The molecule has 0 amide bonds. The van der Waals surface area contributed by atoms with Gasteiger partial charge in [-0.15, -0.1) is 0 Å². The number of nitrogens with zero attached hydrogens (tertiary/aromatic N) is 3. The fourth-order valence-corrected chi connectivity index (χ4v) is 1.92. The summed E-state index contributed by atoms with van der Waals surface area (Å²) >= 11 is 0. The van der Waals surface area contributed by atoms with E-state index in [2.05, 4.69) is 23.9 Å². The van der Waals surface area contributed by atoms with E-state index in [1.807, 2.05) is 36.0 Å². The monoisotopic (exact) mass is 260 g/mol. The highest BCUT2D eigenvalue weighted by molar-refractivity contribution is 5.57. The van der Waals surface area contributed by atoms with Crippen LogP contribution in [0.5, 0.6) is 5.75 Å². The van der Waals surface area contributed by atoms with Gasteiger partial charge in [0, 0.05) is 25.1 Å². The highest BCUT2D eigenvalue weighted by atomic mass is 16.5. The molecule has 5 heteroatoms. The first-order valence-electron chi connectivity index (χ1n) is 6.46. The highest BCUT2D eigenvalue weighted by Crippen LogP contribution is 2.23. The fraction of sp³-hybridized carbons (Fsp3) is 0.429. The molecule has 0 saturated heterocycles. The molecule has 2 N–H and O–H groups in total. The zero-order valence-corrected chi connectivity index (χ0v) is 11.6. The second-order valence-corrected chi connectivity index (χ2v) is 4.74. The Hall–Kier alpha value is -1.88. The van der Waals surface area contributed by atoms with Gasteiger partial charge in [0.25, 0.3) is 0 Å². The van der Waals surface area contributed by atoms with Crippen molar-refractivity contribution in [2.24, 2.45) is 12.8 Å². The van der Waals surface area contributed by atoms with Gasteiger partial charge in [-0.05, 0) is 12.1 Å². The number of aromatic nitrogens is 3. The van der Waals surface area contributed by atoms with Crippen molar-refractivity contribution < 1.29 is 4.74 Å². The van der Waals surface area contributed by atoms with Crippen LogP contribution in [0.3, 0.4) is 0 Å². The van der Waals surface area contributed by atoms with Crippen molar-refractivity contribution >= 4 is 0 Å². The van der Waals surface area contributed by atoms with E-state index < -0.39 is 0 Å². The number of benzene rings is 1. The Morgan fingerprint density at radius 3 is 2.79 bits per heavy atom. The van der Waals surface area contributed by atoms with Gasteiger partial charge >= 0.3 is 0 Å². The Morgan fingerprint density at radius 1 is 1.37 bits per heavy atom. The summed E-state index contributed by atoms with van der Waals surface area (Å²) in [7, 11) is 1.92. The minimum Gasteiger partial charge on any atom is -0.492 e. The van der Waals surface area contributed by atoms with Gasteiger partial charge in [-0.25, -0.2) is 4.98 Å². The summed E-state index contributed by atoms with van der Waals surface area (Å²) in [6.45, 7) is 5.23. The fourth-order valence-electron chi connectivity index (χ4n) is 1.92. The molecule has 0 aliphatic rings. The summed E-state index contributed by atoms with van der Waals surface area (Å²) in [6, 6.07) is 7.77. The van der Waals surface area contributed by atoms with E-state index in [1.165, 1.54) is 0 Å². The average molecular weight is 260 g/mol. The molecule has 1 aromatic heterocycles. The van der Waals surface area contributed by atoms with E-state index in [1.54, 1.807) is 0 Å². The SMILES string of the molecule is CC(C)c1nc(-c2cccc(OCCN)c2)nn1C. The predicted molar refractivity (Wildman–Crippen MR) is 75.1 cm³/mol. The van der Waals surface area contributed by atoms with E-state index in [0.717, 1.165) is 23.0 Å². The smallest absolute Gasteiger partial charge is 0.181 e. The number of ether oxygens (including phenoxy) is 1. The van der Waals surface area contributed by atoms with Crippen molar-refractivity contribution in [3.8, 4) is 17.1 Å². The maximum atomic E-state index is 5.51. The van der Waals surface area contributed by atoms with Crippen LogP contribution in [0.1, 0.15) is 25.6 Å². The second-order valence-electron chi connectivity index (χ2n) is 4.74. The van der Waals surface area contributed by atoms with E-state index >= 15 is 0 Å². The molecule has 0 radical (unpaired) electrons. The van der Waals surface area contributed by atoms with Crippen LogP contribution in [-0.2, 0) is 7.05 Å². The first kappa shape index (κ1) is 13.5. The highest BCUT2D eigenvalue weighted by Gasteiger charge is 2.12. The maximum absolute atomic E-state index is 5.51. The van der Waals surface area contributed by atoms with Crippen LogP contribution in [0.25, 0.3) is 11.4 Å². The van der Waals surface area contributed by atoms with Gasteiger partial charge in [-0.3, -0.25) is 4.68 Å². The molecular formula is C14H20N4O. The van der Waals surface area contributed by atoms with Crippen molar-refractivity contribution in [2.45, 2.75) is 19.8 Å². The van der Waals surface area contributed by atoms with Crippen molar-refractivity contribution in [1.82, 2.24) is 14.8 Å². The van der Waals surface area contributed by atoms with Gasteiger partial charge in [0.2, 0.25) is 0 Å². The predicted octanol–water partition coefficient (Wildman–Crippen LogP) is 1.94. The number of hydrogen-bond donors (Lipinski definition) is 1. The van der Waals surface area contributed by atoms with Crippen molar-refractivity contribution in [3.63, 3.8) is 0 Å². The molecule has 1 aromatic carbocycles. The quantitative estimate of drug-likeness (QED) is 0.892. The second kappa shape index (κ2) is 5.84. The van der Waals surface area contributed by atoms with Crippen LogP contribution < -0.4 is 10.5 Å². The molecule has 1 heterocycles. The molecule has 0 aliphatic carbocycles. The van der Waals surface area contributed by atoms with E-state index in [4.69, 9.17) is 10.5 Å². The molecule has 19 heavy (non-hydrogen) atoms. The number of nitrogens with two attached hydrogens (primary N) is 1. The molecule has 5 nitrogen and oxygen atoms in total. The van der Waals surface area contributed by atoms with Gasteiger partial charge in [-0.2, -0.15) is 5.10 Å². The van der Waals surface area contributed by atoms with Gasteiger partial charge in [0.1, 0.15) is 18.2 Å².